The third-order valence-corrected chi connectivity index (χ3v) is 3.76. The van der Waals surface area contributed by atoms with Gasteiger partial charge in [-0.1, -0.05) is 37.6 Å². The number of hydrogen-bond donors (Lipinski definition) is 1. The third kappa shape index (κ3) is 3.55. The molecule has 1 aliphatic rings. The Labute approximate surface area is 105 Å². The van der Waals surface area contributed by atoms with Crippen LogP contribution in [0.15, 0.2) is 24.3 Å². The summed E-state index contributed by atoms with van der Waals surface area (Å²) in [6.07, 6.45) is 2.71. The van der Waals surface area contributed by atoms with Gasteiger partial charge in [-0.3, -0.25) is 4.90 Å². The molecule has 0 aliphatic carbocycles. The van der Waals surface area contributed by atoms with Crippen LogP contribution in [0.5, 0.6) is 0 Å². The van der Waals surface area contributed by atoms with Crippen molar-refractivity contribution in [3.63, 3.8) is 0 Å². The van der Waals surface area contributed by atoms with Gasteiger partial charge in [0.2, 0.25) is 0 Å². The molecule has 1 aliphatic heterocycles. The Balaban J connectivity index is 1.86. The fourth-order valence-electron chi connectivity index (χ4n) is 2.61. The van der Waals surface area contributed by atoms with Crippen LogP contribution in [-0.2, 0) is 13.1 Å². The monoisotopic (exact) mass is 232 g/mol. The van der Waals surface area contributed by atoms with Gasteiger partial charge in [-0.25, -0.2) is 0 Å². The molecular formula is C15H24N2. The lowest BCUT2D eigenvalue weighted by atomic mass is 10.1. The lowest BCUT2D eigenvalue weighted by Gasteiger charge is -2.16. The normalized spacial score (nSPS) is 20.9. The quantitative estimate of drug-likeness (QED) is 0.839. The molecule has 1 atom stereocenters. The van der Waals surface area contributed by atoms with E-state index in [-0.39, 0.29) is 0 Å². The van der Waals surface area contributed by atoms with Crippen LogP contribution in [0, 0.1) is 5.92 Å². The van der Waals surface area contributed by atoms with Crippen LogP contribution in [0.1, 0.15) is 30.9 Å². The first-order chi connectivity index (χ1) is 8.31. The van der Waals surface area contributed by atoms with E-state index >= 15 is 0 Å². The zero-order valence-electron chi connectivity index (χ0n) is 11.1. The van der Waals surface area contributed by atoms with Crippen molar-refractivity contribution in [3.05, 3.63) is 35.4 Å². The lowest BCUT2D eigenvalue weighted by molar-refractivity contribution is 0.315. The van der Waals surface area contributed by atoms with Crippen molar-refractivity contribution >= 4 is 0 Å². The molecule has 0 amide bonds. The molecule has 0 saturated carbocycles. The first kappa shape index (κ1) is 12.6. The molecule has 1 heterocycles. The Kier molecular flexibility index (Phi) is 4.57. The Morgan fingerprint density at radius 2 is 1.94 bits per heavy atom. The summed E-state index contributed by atoms with van der Waals surface area (Å²) in [5.41, 5.74) is 2.81. The van der Waals surface area contributed by atoms with E-state index in [0.717, 1.165) is 19.0 Å². The zero-order valence-corrected chi connectivity index (χ0v) is 11.1. The van der Waals surface area contributed by atoms with E-state index in [1.807, 2.05) is 7.05 Å². The maximum atomic E-state index is 3.18. The molecule has 2 rings (SSSR count). The van der Waals surface area contributed by atoms with Crippen LogP contribution in [0.4, 0.5) is 0 Å². The molecule has 0 spiro atoms. The van der Waals surface area contributed by atoms with Crippen LogP contribution < -0.4 is 5.32 Å². The van der Waals surface area contributed by atoms with Gasteiger partial charge in [-0.15, -0.1) is 0 Å². The van der Waals surface area contributed by atoms with Crippen LogP contribution >= 0.6 is 0 Å². The molecule has 1 fully saturated rings. The maximum absolute atomic E-state index is 3.18. The smallest absolute Gasteiger partial charge is 0.0233 e. The molecule has 2 nitrogen and oxygen atoms in total. The molecule has 0 bridgehead atoms. The third-order valence-electron chi connectivity index (χ3n) is 3.76. The van der Waals surface area contributed by atoms with Crippen LogP contribution in [0.2, 0.25) is 0 Å². The van der Waals surface area contributed by atoms with Crippen molar-refractivity contribution in [2.24, 2.45) is 5.92 Å². The molecular weight excluding hydrogens is 208 g/mol. The minimum absolute atomic E-state index is 0.929. The fraction of sp³-hybridized carbons (Fsp3) is 0.600. The predicted octanol–water partition coefficient (Wildman–Crippen LogP) is 2.64. The van der Waals surface area contributed by atoms with E-state index in [1.165, 1.54) is 37.1 Å². The van der Waals surface area contributed by atoms with E-state index < -0.39 is 0 Å². The van der Waals surface area contributed by atoms with Gasteiger partial charge in [0.05, 0.1) is 0 Å². The maximum Gasteiger partial charge on any atom is 0.0233 e. The summed E-state index contributed by atoms with van der Waals surface area (Å²) < 4.78 is 0. The molecule has 1 unspecified atom stereocenters. The molecule has 1 N–H and O–H groups in total. The molecule has 1 saturated heterocycles. The minimum Gasteiger partial charge on any atom is -0.316 e. The average molecular weight is 232 g/mol. The molecule has 2 heteroatoms. The fourth-order valence-corrected chi connectivity index (χ4v) is 2.61. The van der Waals surface area contributed by atoms with Crippen molar-refractivity contribution in [1.82, 2.24) is 10.2 Å². The van der Waals surface area contributed by atoms with E-state index in [1.54, 1.807) is 0 Å². The van der Waals surface area contributed by atoms with Crippen molar-refractivity contribution in [1.29, 1.82) is 0 Å². The first-order valence-electron chi connectivity index (χ1n) is 6.76. The Hall–Kier alpha value is -0.860. The SMILES string of the molecule is CCC1CCN(Cc2ccc(CNC)cc2)C1. The number of likely N-dealkylation sites (tertiary alicyclic amines) is 1. The van der Waals surface area contributed by atoms with Crippen LogP contribution in [-0.4, -0.2) is 25.0 Å². The second kappa shape index (κ2) is 6.18. The highest BCUT2D eigenvalue weighted by molar-refractivity contribution is 5.22. The van der Waals surface area contributed by atoms with Gasteiger partial charge in [-0.05, 0) is 37.1 Å². The summed E-state index contributed by atoms with van der Waals surface area (Å²) in [6.45, 7) is 6.95. The number of hydrogen-bond acceptors (Lipinski definition) is 2. The van der Waals surface area contributed by atoms with Gasteiger partial charge < -0.3 is 5.32 Å². The molecule has 1 aromatic carbocycles. The Morgan fingerprint density at radius 1 is 1.24 bits per heavy atom. The van der Waals surface area contributed by atoms with E-state index in [9.17, 15) is 0 Å². The van der Waals surface area contributed by atoms with Gasteiger partial charge in [0.1, 0.15) is 0 Å². The summed E-state index contributed by atoms with van der Waals surface area (Å²) >= 11 is 0. The van der Waals surface area contributed by atoms with Crippen molar-refractivity contribution < 1.29 is 0 Å². The molecule has 0 aromatic heterocycles. The first-order valence-corrected chi connectivity index (χ1v) is 6.76. The van der Waals surface area contributed by atoms with Crippen LogP contribution in [0.3, 0.4) is 0 Å². The van der Waals surface area contributed by atoms with Crippen LogP contribution in [0.25, 0.3) is 0 Å². The van der Waals surface area contributed by atoms with E-state index in [2.05, 4.69) is 41.4 Å². The number of rotatable bonds is 5. The van der Waals surface area contributed by atoms with Crippen molar-refractivity contribution in [2.45, 2.75) is 32.9 Å². The van der Waals surface area contributed by atoms with Gasteiger partial charge in [-0.2, -0.15) is 0 Å². The highest BCUT2D eigenvalue weighted by atomic mass is 15.1. The highest BCUT2D eigenvalue weighted by Gasteiger charge is 2.20. The summed E-state index contributed by atoms with van der Waals surface area (Å²) in [5.74, 6) is 0.929. The molecule has 94 valence electrons. The number of nitrogens with one attached hydrogen (secondary N) is 1. The molecule has 1 aromatic rings. The second-order valence-corrected chi connectivity index (χ2v) is 5.14. The molecule has 17 heavy (non-hydrogen) atoms. The number of nitrogens with zero attached hydrogens (tertiary/aromatic N) is 1. The highest BCUT2D eigenvalue weighted by Crippen LogP contribution is 2.21. The number of benzene rings is 1. The lowest BCUT2D eigenvalue weighted by Crippen LogP contribution is -2.20. The summed E-state index contributed by atoms with van der Waals surface area (Å²) in [7, 11) is 1.99. The predicted molar refractivity (Wildman–Crippen MR) is 72.9 cm³/mol. The van der Waals surface area contributed by atoms with Gasteiger partial charge in [0, 0.05) is 19.6 Å². The Morgan fingerprint density at radius 3 is 2.53 bits per heavy atom. The van der Waals surface area contributed by atoms with Gasteiger partial charge in [0.25, 0.3) is 0 Å². The minimum atomic E-state index is 0.929. The summed E-state index contributed by atoms with van der Waals surface area (Å²) in [5, 5.41) is 3.18. The standard InChI is InChI=1S/C15H24N2/c1-3-13-8-9-17(11-13)12-15-6-4-14(5-7-15)10-16-2/h4-7,13,16H,3,8-12H2,1-2H3. The summed E-state index contributed by atoms with van der Waals surface area (Å²) in [4.78, 5) is 2.58. The molecule has 0 radical (unpaired) electrons. The van der Waals surface area contributed by atoms with E-state index in [4.69, 9.17) is 0 Å². The topological polar surface area (TPSA) is 15.3 Å². The van der Waals surface area contributed by atoms with E-state index in [0.29, 0.717) is 0 Å². The summed E-state index contributed by atoms with van der Waals surface area (Å²) in [6, 6.07) is 9.01. The van der Waals surface area contributed by atoms with Gasteiger partial charge >= 0.3 is 0 Å². The largest absolute Gasteiger partial charge is 0.316 e. The van der Waals surface area contributed by atoms with Crippen molar-refractivity contribution in [3.8, 4) is 0 Å². The Bertz CT molecular complexity index is 331. The van der Waals surface area contributed by atoms with Gasteiger partial charge in [0.15, 0.2) is 0 Å². The zero-order chi connectivity index (χ0) is 12.1. The van der Waals surface area contributed by atoms with Crippen molar-refractivity contribution in [2.75, 3.05) is 20.1 Å². The second-order valence-electron chi connectivity index (χ2n) is 5.14. The average Bonchev–Trinajstić information content (AvgIpc) is 2.80.